The van der Waals surface area contributed by atoms with E-state index in [9.17, 15) is 4.79 Å². The lowest BCUT2D eigenvalue weighted by Crippen LogP contribution is -2.29. The zero-order valence-corrected chi connectivity index (χ0v) is 11.6. The van der Waals surface area contributed by atoms with Gasteiger partial charge in [-0.1, -0.05) is 12.1 Å². The van der Waals surface area contributed by atoms with Crippen molar-refractivity contribution in [3.05, 3.63) is 45.7 Å². The third-order valence-corrected chi connectivity index (χ3v) is 4.09. The summed E-state index contributed by atoms with van der Waals surface area (Å²) in [4.78, 5) is 12.4. The van der Waals surface area contributed by atoms with Gasteiger partial charge in [0, 0.05) is 18.7 Å². The van der Waals surface area contributed by atoms with Gasteiger partial charge in [-0.15, -0.1) is 0 Å². The standard InChI is InChI=1S/C16H20N2O/c1-11-5-6-12-9-13(10-14-4-3-7-17-14)16(19)18(2)15(12)8-11/h5-6,8-9,14,17H,3-4,7,10H2,1-2H3. The second kappa shape index (κ2) is 4.82. The average molecular weight is 256 g/mol. The second-order valence-corrected chi connectivity index (χ2v) is 5.59. The van der Waals surface area contributed by atoms with Crippen LogP contribution in [0.4, 0.5) is 0 Å². The molecule has 3 rings (SSSR count). The number of rotatable bonds is 2. The summed E-state index contributed by atoms with van der Waals surface area (Å²) in [7, 11) is 1.87. The molecule has 19 heavy (non-hydrogen) atoms. The molecule has 0 radical (unpaired) electrons. The molecule has 0 spiro atoms. The van der Waals surface area contributed by atoms with Crippen molar-refractivity contribution < 1.29 is 0 Å². The van der Waals surface area contributed by atoms with Gasteiger partial charge >= 0.3 is 0 Å². The van der Waals surface area contributed by atoms with E-state index in [4.69, 9.17) is 0 Å². The van der Waals surface area contributed by atoms with E-state index in [0.29, 0.717) is 6.04 Å². The van der Waals surface area contributed by atoms with E-state index in [2.05, 4.69) is 36.5 Å². The molecule has 1 aliphatic heterocycles. The lowest BCUT2D eigenvalue weighted by atomic mass is 10.0. The van der Waals surface area contributed by atoms with Crippen molar-refractivity contribution in [2.24, 2.45) is 7.05 Å². The maximum atomic E-state index is 12.4. The molecule has 1 aliphatic rings. The highest BCUT2D eigenvalue weighted by atomic mass is 16.1. The van der Waals surface area contributed by atoms with Crippen molar-refractivity contribution in [1.29, 1.82) is 0 Å². The van der Waals surface area contributed by atoms with Crippen LogP contribution in [0.3, 0.4) is 0 Å². The topological polar surface area (TPSA) is 34.0 Å². The Morgan fingerprint density at radius 3 is 2.95 bits per heavy atom. The van der Waals surface area contributed by atoms with Gasteiger partial charge in [-0.3, -0.25) is 4.79 Å². The van der Waals surface area contributed by atoms with Crippen LogP contribution in [0.5, 0.6) is 0 Å². The molecule has 1 aromatic carbocycles. The van der Waals surface area contributed by atoms with E-state index in [1.165, 1.54) is 18.4 Å². The zero-order valence-electron chi connectivity index (χ0n) is 11.6. The normalized spacial score (nSPS) is 19.2. The summed E-state index contributed by atoms with van der Waals surface area (Å²) >= 11 is 0. The van der Waals surface area contributed by atoms with Crippen LogP contribution >= 0.6 is 0 Å². The average Bonchev–Trinajstić information content (AvgIpc) is 2.89. The highest BCUT2D eigenvalue weighted by molar-refractivity contribution is 5.80. The molecule has 1 unspecified atom stereocenters. The van der Waals surface area contributed by atoms with E-state index in [0.717, 1.165) is 29.4 Å². The summed E-state index contributed by atoms with van der Waals surface area (Å²) in [5, 5.41) is 4.61. The third kappa shape index (κ3) is 2.30. The Morgan fingerprint density at radius 2 is 2.21 bits per heavy atom. The zero-order chi connectivity index (χ0) is 13.4. The first-order chi connectivity index (χ1) is 9.15. The molecule has 1 saturated heterocycles. The summed E-state index contributed by atoms with van der Waals surface area (Å²) < 4.78 is 1.78. The van der Waals surface area contributed by atoms with Gasteiger partial charge in [0.1, 0.15) is 0 Å². The minimum absolute atomic E-state index is 0.145. The fourth-order valence-corrected chi connectivity index (χ4v) is 2.98. The number of fused-ring (bicyclic) bond motifs is 1. The molecule has 1 N–H and O–H groups in total. The molecule has 1 atom stereocenters. The van der Waals surface area contributed by atoms with Crippen LogP contribution in [-0.4, -0.2) is 17.2 Å². The number of pyridine rings is 1. The molecule has 1 fully saturated rings. The molecule has 2 heterocycles. The van der Waals surface area contributed by atoms with Crippen LogP contribution in [0.15, 0.2) is 29.1 Å². The Bertz CT molecular complexity index is 666. The highest BCUT2D eigenvalue weighted by Gasteiger charge is 2.17. The number of benzene rings is 1. The monoisotopic (exact) mass is 256 g/mol. The van der Waals surface area contributed by atoms with E-state index in [1.807, 2.05) is 7.05 Å². The number of hydrogen-bond donors (Lipinski definition) is 1. The fourth-order valence-electron chi connectivity index (χ4n) is 2.98. The van der Waals surface area contributed by atoms with Gasteiger partial charge in [0.2, 0.25) is 0 Å². The molecule has 0 saturated carbocycles. The first-order valence-electron chi connectivity index (χ1n) is 6.98. The molecule has 2 aromatic rings. The van der Waals surface area contributed by atoms with Gasteiger partial charge in [0.05, 0.1) is 5.52 Å². The first kappa shape index (κ1) is 12.4. The Hall–Kier alpha value is -1.61. The smallest absolute Gasteiger partial charge is 0.254 e. The minimum Gasteiger partial charge on any atom is -0.314 e. The van der Waals surface area contributed by atoms with Crippen LogP contribution in [-0.2, 0) is 13.5 Å². The number of aromatic nitrogens is 1. The van der Waals surface area contributed by atoms with Gasteiger partial charge in [0.25, 0.3) is 5.56 Å². The van der Waals surface area contributed by atoms with Crippen LogP contribution in [0.2, 0.25) is 0 Å². The minimum atomic E-state index is 0.145. The molecule has 0 aliphatic carbocycles. The maximum absolute atomic E-state index is 12.4. The number of aryl methyl sites for hydroxylation is 2. The van der Waals surface area contributed by atoms with Crippen LogP contribution in [0.25, 0.3) is 10.9 Å². The Balaban J connectivity index is 2.07. The molecule has 3 nitrogen and oxygen atoms in total. The van der Waals surface area contributed by atoms with E-state index in [1.54, 1.807) is 4.57 Å². The van der Waals surface area contributed by atoms with Gasteiger partial charge < -0.3 is 9.88 Å². The predicted molar refractivity (Wildman–Crippen MR) is 78.7 cm³/mol. The molecule has 3 heteroatoms. The SMILES string of the molecule is Cc1ccc2cc(CC3CCCN3)c(=O)n(C)c2c1. The second-order valence-electron chi connectivity index (χ2n) is 5.59. The molecule has 1 aromatic heterocycles. The molecule has 0 amide bonds. The van der Waals surface area contributed by atoms with Gasteiger partial charge in [-0.2, -0.15) is 0 Å². The number of nitrogens with one attached hydrogen (secondary N) is 1. The lowest BCUT2D eigenvalue weighted by molar-refractivity contribution is 0.598. The Morgan fingerprint density at radius 1 is 1.37 bits per heavy atom. The predicted octanol–water partition coefficient (Wildman–Crippen LogP) is 2.14. The number of hydrogen-bond acceptors (Lipinski definition) is 2. The van der Waals surface area contributed by atoms with Crippen molar-refractivity contribution in [1.82, 2.24) is 9.88 Å². The Kier molecular flexibility index (Phi) is 3.15. The molecular weight excluding hydrogens is 236 g/mol. The summed E-state index contributed by atoms with van der Waals surface area (Å²) in [5.74, 6) is 0. The molecular formula is C16H20N2O. The highest BCUT2D eigenvalue weighted by Crippen LogP contribution is 2.17. The third-order valence-electron chi connectivity index (χ3n) is 4.09. The van der Waals surface area contributed by atoms with Crippen molar-refractivity contribution in [3.8, 4) is 0 Å². The quantitative estimate of drug-likeness (QED) is 0.893. The summed E-state index contributed by atoms with van der Waals surface area (Å²) in [6.45, 7) is 3.14. The largest absolute Gasteiger partial charge is 0.314 e. The fraction of sp³-hybridized carbons (Fsp3) is 0.438. The lowest BCUT2D eigenvalue weighted by Gasteiger charge is -2.13. The van der Waals surface area contributed by atoms with Crippen molar-refractivity contribution >= 4 is 10.9 Å². The number of nitrogens with zero attached hydrogens (tertiary/aromatic N) is 1. The van der Waals surface area contributed by atoms with E-state index < -0.39 is 0 Å². The van der Waals surface area contributed by atoms with Gasteiger partial charge in [-0.25, -0.2) is 0 Å². The molecule has 100 valence electrons. The van der Waals surface area contributed by atoms with Crippen LogP contribution < -0.4 is 10.9 Å². The Labute approximate surface area is 113 Å². The summed E-state index contributed by atoms with van der Waals surface area (Å²) in [6, 6.07) is 8.82. The maximum Gasteiger partial charge on any atom is 0.254 e. The van der Waals surface area contributed by atoms with Crippen molar-refractivity contribution in [2.75, 3.05) is 6.54 Å². The van der Waals surface area contributed by atoms with Gasteiger partial charge in [-0.05, 0) is 55.8 Å². The van der Waals surface area contributed by atoms with Crippen molar-refractivity contribution in [3.63, 3.8) is 0 Å². The summed E-state index contributed by atoms with van der Waals surface area (Å²) in [6.07, 6.45) is 3.24. The van der Waals surface area contributed by atoms with Crippen molar-refractivity contribution in [2.45, 2.75) is 32.2 Å². The van der Waals surface area contributed by atoms with Crippen LogP contribution in [0, 0.1) is 6.92 Å². The van der Waals surface area contributed by atoms with E-state index in [-0.39, 0.29) is 5.56 Å². The van der Waals surface area contributed by atoms with E-state index >= 15 is 0 Å². The molecule has 0 bridgehead atoms. The summed E-state index contributed by atoms with van der Waals surface area (Å²) in [5.41, 5.74) is 3.28. The van der Waals surface area contributed by atoms with Gasteiger partial charge in [0.15, 0.2) is 0 Å². The first-order valence-corrected chi connectivity index (χ1v) is 6.98. The van der Waals surface area contributed by atoms with Crippen LogP contribution in [0.1, 0.15) is 24.0 Å².